The number of aliphatic imine (C=N–C) groups is 1. The van der Waals surface area contributed by atoms with E-state index in [9.17, 15) is 4.79 Å². The van der Waals surface area contributed by atoms with Crippen molar-refractivity contribution in [3.63, 3.8) is 0 Å². The van der Waals surface area contributed by atoms with Gasteiger partial charge in [-0.2, -0.15) is 0 Å². The zero-order valence-electron chi connectivity index (χ0n) is 15.7. The molecule has 0 aromatic heterocycles. The summed E-state index contributed by atoms with van der Waals surface area (Å²) >= 11 is 0. The Morgan fingerprint density at radius 3 is 2.30 bits per heavy atom. The van der Waals surface area contributed by atoms with Crippen molar-refractivity contribution in [2.24, 2.45) is 4.99 Å². The van der Waals surface area contributed by atoms with Crippen molar-refractivity contribution in [3.8, 4) is 0 Å². The van der Waals surface area contributed by atoms with Crippen LogP contribution < -0.4 is 0 Å². The average Bonchev–Trinajstić information content (AvgIpc) is 3.01. The van der Waals surface area contributed by atoms with E-state index < -0.39 is 5.97 Å². The van der Waals surface area contributed by atoms with Crippen LogP contribution >= 0.6 is 0 Å². The largest absolute Gasteiger partial charge is 0.402 e. The van der Waals surface area contributed by atoms with E-state index in [1.807, 2.05) is 42.5 Å². The van der Waals surface area contributed by atoms with Crippen LogP contribution in [0.2, 0.25) is 0 Å². The maximum Gasteiger partial charge on any atom is 0.363 e. The SMILES string of the molecule is CC(C)(C)c1ccc(C2=N/C(=C\c3ccc4ccccc4c3)C(=O)O2)cc1. The second-order valence-electron chi connectivity index (χ2n) is 7.77. The predicted molar refractivity (Wildman–Crippen MR) is 110 cm³/mol. The molecule has 4 rings (SSSR count). The van der Waals surface area contributed by atoms with Crippen LogP contribution in [0.3, 0.4) is 0 Å². The molecule has 1 aliphatic rings. The summed E-state index contributed by atoms with van der Waals surface area (Å²) in [7, 11) is 0. The lowest BCUT2D eigenvalue weighted by Gasteiger charge is -2.18. The summed E-state index contributed by atoms with van der Waals surface area (Å²) in [6, 6.07) is 22.2. The van der Waals surface area contributed by atoms with Crippen LogP contribution in [0.5, 0.6) is 0 Å². The van der Waals surface area contributed by atoms with Gasteiger partial charge in [0.05, 0.1) is 0 Å². The van der Waals surface area contributed by atoms with Crippen LogP contribution in [0.1, 0.15) is 37.5 Å². The Hall–Kier alpha value is -3.20. The lowest BCUT2D eigenvalue weighted by Crippen LogP contribution is -2.11. The minimum Gasteiger partial charge on any atom is -0.402 e. The molecule has 134 valence electrons. The van der Waals surface area contributed by atoms with Crippen molar-refractivity contribution in [2.45, 2.75) is 26.2 Å². The Morgan fingerprint density at radius 1 is 0.889 bits per heavy atom. The van der Waals surface area contributed by atoms with Gasteiger partial charge < -0.3 is 4.74 Å². The summed E-state index contributed by atoms with van der Waals surface area (Å²) in [4.78, 5) is 16.7. The Balaban J connectivity index is 1.64. The lowest BCUT2D eigenvalue weighted by atomic mass is 9.87. The molecule has 27 heavy (non-hydrogen) atoms. The maximum atomic E-state index is 12.2. The second-order valence-corrected chi connectivity index (χ2v) is 7.77. The molecule has 1 heterocycles. The van der Waals surface area contributed by atoms with Gasteiger partial charge in [-0.25, -0.2) is 9.79 Å². The fourth-order valence-corrected chi connectivity index (χ4v) is 3.10. The number of cyclic esters (lactones) is 1. The van der Waals surface area contributed by atoms with Gasteiger partial charge in [0.1, 0.15) is 0 Å². The first-order chi connectivity index (χ1) is 12.9. The molecule has 1 aliphatic heterocycles. The third-order valence-electron chi connectivity index (χ3n) is 4.70. The third kappa shape index (κ3) is 3.54. The topological polar surface area (TPSA) is 38.7 Å². The number of fused-ring (bicyclic) bond motifs is 1. The second kappa shape index (κ2) is 6.51. The van der Waals surface area contributed by atoms with Crippen molar-refractivity contribution in [1.29, 1.82) is 0 Å². The van der Waals surface area contributed by atoms with Gasteiger partial charge in [0.15, 0.2) is 5.70 Å². The van der Waals surface area contributed by atoms with Crippen LogP contribution in [0.4, 0.5) is 0 Å². The van der Waals surface area contributed by atoms with E-state index >= 15 is 0 Å². The van der Waals surface area contributed by atoms with Crippen LogP contribution in [0, 0.1) is 0 Å². The number of ether oxygens (including phenoxy) is 1. The van der Waals surface area contributed by atoms with Gasteiger partial charge in [0.2, 0.25) is 5.90 Å². The smallest absolute Gasteiger partial charge is 0.363 e. The molecule has 3 aromatic rings. The zero-order valence-corrected chi connectivity index (χ0v) is 15.7. The average molecular weight is 355 g/mol. The van der Waals surface area contributed by atoms with E-state index in [4.69, 9.17) is 4.74 Å². The van der Waals surface area contributed by atoms with Gasteiger partial charge in [-0.05, 0) is 51.6 Å². The molecule has 0 bridgehead atoms. The molecule has 0 radical (unpaired) electrons. The summed E-state index contributed by atoms with van der Waals surface area (Å²) in [5, 5.41) is 2.29. The van der Waals surface area contributed by atoms with Gasteiger partial charge in [-0.1, -0.05) is 69.3 Å². The molecular formula is C24H21NO2. The van der Waals surface area contributed by atoms with Gasteiger partial charge >= 0.3 is 5.97 Å². The number of hydrogen-bond acceptors (Lipinski definition) is 3. The van der Waals surface area contributed by atoms with Crippen molar-refractivity contribution >= 4 is 28.7 Å². The first-order valence-electron chi connectivity index (χ1n) is 9.02. The van der Waals surface area contributed by atoms with Crippen LogP contribution in [0.25, 0.3) is 16.8 Å². The summed E-state index contributed by atoms with van der Waals surface area (Å²) in [5.41, 5.74) is 3.35. The third-order valence-corrected chi connectivity index (χ3v) is 4.70. The van der Waals surface area contributed by atoms with Gasteiger partial charge in [0.25, 0.3) is 0 Å². The molecule has 0 amide bonds. The molecule has 3 nitrogen and oxygen atoms in total. The number of benzene rings is 3. The molecule has 0 saturated carbocycles. The highest BCUT2D eigenvalue weighted by molar-refractivity contribution is 6.13. The number of carbonyl (C=O) groups is 1. The molecule has 0 spiro atoms. The first-order valence-corrected chi connectivity index (χ1v) is 9.02. The highest BCUT2D eigenvalue weighted by Crippen LogP contribution is 2.25. The molecule has 0 aliphatic carbocycles. The maximum absolute atomic E-state index is 12.2. The van der Waals surface area contributed by atoms with E-state index in [1.54, 1.807) is 6.08 Å². The van der Waals surface area contributed by atoms with Crippen molar-refractivity contribution in [1.82, 2.24) is 0 Å². The van der Waals surface area contributed by atoms with E-state index in [0.717, 1.165) is 21.9 Å². The van der Waals surface area contributed by atoms with Crippen molar-refractivity contribution < 1.29 is 9.53 Å². The van der Waals surface area contributed by atoms with Gasteiger partial charge in [-0.15, -0.1) is 0 Å². The van der Waals surface area contributed by atoms with Gasteiger partial charge in [-0.3, -0.25) is 0 Å². The molecule has 0 atom stereocenters. The Morgan fingerprint density at radius 2 is 1.59 bits per heavy atom. The minimum absolute atomic E-state index is 0.0772. The molecule has 0 unspecified atom stereocenters. The number of nitrogens with zero attached hydrogens (tertiary/aromatic N) is 1. The fourth-order valence-electron chi connectivity index (χ4n) is 3.10. The highest BCUT2D eigenvalue weighted by atomic mass is 16.6. The van der Waals surface area contributed by atoms with Crippen molar-refractivity contribution in [3.05, 3.63) is 89.1 Å². The van der Waals surface area contributed by atoms with Crippen LogP contribution in [-0.2, 0) is 14.9 Å². The molecule has 3 aromatic carbocycles. The Kier molecular flexibility index (Phi) is 4.15. The normalized spacial score (nSPS) is 15.9. The van der Waals surface area contributed by atoms with E-state index in [2.05, 4.69) is 50.0 Å². The number of esters is 1. The summed E-state index contributed by atoms with van der Waals surface area (Å²) in [6.07, 6.45) is 1.77. The zero-order chi connectivity index (χ0) is 19.0. The quantitative estimate of drug-likeness (QED) is 0.451. The van der Waals surface area contributed by atoms with Crippen LogP contribution in [-0.4, -0.2) is 11.9 Å². The molecule has 0 fully saturated rings. The molecule has 0 saturated heterocycles. The predicted octanol–water partition coefficient (Wildman–Crippen LogP) is 5.48. The Bertz CT molecular complexity index is 1080. The van der Waals surface area contributed by atoms with Crippen molar-refractivity contribution in [2.75, 3.05) is 0 Å². The number of hydrogen-bond donors (Lipinski definition) is 0. The number of rotatable bonds is 2. The minimum atomic E-state index is -0.418. The molecular weight excluding hydrogens is 334 g/mol. The van der Waals surface area contributed by atoms with Crippen LogP contribution in [0.15, 0.2) is 77.4 Å². The summed E-state index contributed by atoms with van der Waals surface area (Å²) in [6.45, 7) is 6.50. The van der Waals surface area contributed by atoms with E-state index in [1.165, 1.54) is 5.56 Å². The summed E-state index contributed by atoms with van der Waals surface area (Å²) < 4.78 is 5.39. The highest BCUT2D eigenvalue weighted by Gasteiger charge is 2.24. The molecule has 3 heteroatoms. The van der Waals surface area contributed by atoms with E-state index in [0.29, 0.717) is 11.6 Å². The van der Waals surface area contributed by atoms with Gasteiger partial charge in [0, 0.05) is 5.56 Å². The number of carbonyl (C=O) groups excluding carboxylic acids is 1. The standard InChI is InChI=1S/C24H21NO2/c1-24(2,3)20-12-10-18(11-13-20)22-25-21(23(26)27-22)15-16-8-9-17-6-4-5-7-19(17)14-16/h4-15H,1-3H3/b21-15-. The Labute approximate surface area is 159 Å². The first kappa shape index (κ1) is 17.2. The fraction of sp³-hybridized carbons (Fsp3) is 0.167. The lowest BCUT2D eigenvalue weighted by molar-refractivity contribution is -0.129. The summed E-state index contributed by atoms with van der Waals surface area (Å²) in [5.74, 6) is -0.0643. The molecule has 0 N–H and O–H groups in total. The van der Waals surface area contributed by atoms with E-state index in [-0.39, 0.29) is 5.41 Å². The monoisotopic (exact) mass is 355 g/mol.